The van der Waals surface area contributed by atoms with Gasteiger partial charge in [-0.05, 0) is 72.3 Å². The van der Waals surface area contributed by atoms with E-state index in [4.69, 9.17) is 0 Å². The van der Waals surface area contributed by atoms with E-state index >= 15 is 0 Å². The van der Waals surface area contributed by atoms with Crippen LogP contribution in [0, 0.1) is 33.5 Å². The third-order valence-electron chi connectivity index (χ3n) is 11.7. The van der Waals surface area contributed by atoms with Crippen molar-refractivity contribution in [2.24, 2.45) is 33.5 Å². The lowest BCUT2D eigenvalue weighted by atomic mass is 9.58. The van der Waals surface area contributed by atoms with Crippen molar-refractivity contribution in [1.82, 2.24) is 0 Å². The lowest BCUT2D eigenvalue weighted by Gasteiger charge is -2.48. The van der Waals surface area contributed by atoms with Gasteiger partial charge in [-0.25, -0.2) is 0 Å². The van der Waals surface area contributed by atoms with Crippen molar-refractivity contribution in [2.75, 3.05) is 19.5 Å². The average molecular weight is 572 g/mol. The molecule has 37 heavy (non-hydrogen) atoms. The van der Waals surface area contributed by atoms with Crippen molar-refractivity contribution in [1.29, 1.82) is 0 Å². The van der Waals surface area contributed by atoms with Crippen molar-refractivity contribution in [2.45, 2.75) is 146 Å². The third kappa shape index (κ3) is 8.78. The molecule has 0 aromatic rings. The molecule has 1 nitrogen and oxygen atoms in total. The SMILES string of the molecule is C=[P+](C)P(=O)(C=PC)CC1(C(C)(C)CCCC)CCCC(C(CC(C)(CC)CC)C(C)(CC)CC)CC1. The molecule has 0 heterocycles. The summed E-state index contributed by atoms with van der Waals surface area (Å²) in [6.45, 7) is 24.2. The first kappa shape index (κ1) is 35.6. The Kier molecular flexibility index (Phi) is 14.4. The summed E-state index contributed by atoms with van der Waals surface area (Å²) in [5.74, 6) is 1.58. The minimum atomic E-state index is -2.39. The van der Waals surface area contributed by atoms with Crippen molar-refractivity contribution in [3.05, 3.63) is 0 Å². The molecule has 0 amide bonds. The molecule has 5 atom stereocenters. The van der Waals surface area contributed by atoms with E-state index in [0.717, 1.165) is 26.2 Å². The molecule has 0 spiro atoms. The fraction of sp³-hybridized carbons (Fsp3) is 0.939. The van der Waals surface area contributed by atoms with E-state index in [0.29, 0.717) is 10.8 Å². The summed E-state index contributed by atoms with van der Waals surface area (Å²) in [4.78, 5) is 0. The maximum absolute atomic E-state index is 14.5. The number of unbranched alkanes of at least 4 members (excludes halogenated alkanes) is 1. The van der Waals surface area contributed by atoms with Crippen LogP contribution in [0.1, 0.15) is 146 Å². The molecule has 0 aliphatic heterocycles. The molecule has 0 aromatic carbocycles. The molecule has 1 rings (SSSR count). The molecule has 0 aromatic heterocycles. The van der Waals surface area contributed by atoms with Gasteiger partial charge in [0.15, 0.2) is 0 Å². The summed E-state index contributed by atoms with van der Waals surface area (Å²) in [5.41, 5.74) is 3.42. The third-order valence-corrected chi connectivity index (χ3v) is 21.1. The maximum Gasteiger partial charge on any atom is 0.286 e. The van der Waals surface area contributed by atoms with Crippen LogP contribution < -0.4 is 0 Å². The largest absolute Gasteiger partial charge is 0.286 e. The molecule has 0 bridgehead atoms. The van der Waals surface area contributed by atoms with E-state index in [2.05, 4.69) is 87.5 Å². The molecule has 1 aliphatic carbocycles. The highest BCUT2D eigenvalue weighted by atomic mass is 32.1. The molecule has 0 saturated heterocycles. The zero-order valence-corrected chi connectivity index (χ0v) is 29.8. The maximum atomic E-state index is 14.5. The zero-order valence-electron chi connectivity index (χ0n) is 27.1. The zero-order chi connectivity index (χ0) is 28.5. The Morgan fingerprint density at radius 2 is 1.62 bits per heavy atom. The van der Waals surface area contributed by atoms with Crippen LogP contribution in [0.25, 0.3) is 0 Å². The number of rotatable bonds is 16. The highest BCUT2D eigenvalue weighted by Crippen LogP contribution is 2.71. The van der Waals surface area contributed by atoms with E-state index in [1.165, 1.54) is 83.5 Å². The molecular formula is C33H66OP3+. The molecule has 1 saturated carbocycles. The number of hydrogen-bond donors (Lipinski definition) is 0. The predicted molar refractivity (Wildman–Crippen MR) is 179 cm³/mol. The van der Waals surface area contributed by atoms with Gasteiger partial charge < -0.3 is 0 Å². The topological polar surface area (TPSA) is 17.1 Å². The van der Waals surface area contributed by atoms with Crippen molar-refractivity contribution >= 4 is 34.1 Å². The molecule has 4 heteroatoms. The Balaban J connectivity index is 3.53. The van der Waals surface area contributed by atoms with Crippen LogP contribution in [0.3, 0.4) is 0 Å². The van der Waals surface area contributed by atoms with Gasteiger partial charge in [-0.2, -0.15) is 0 Å². The van der Waals surface area contributed by atoms with Gasteiger partial charge in [0, 0.05) is 5.54 Å². The fourth-order valence-corrected chi connectivity index (χ4v) is 15.8. The second-order valence-electron chi connectivity index (χ2n) is 14.1. The van der Waals surface area contributed by atoms with Gasteiger partial charge in [0.2, 0.25) is 0 Å². The van der Waals surface area contributed by atoms with Gasteiger partial charge in [0.25, 0.3) is 6.83 Å². The second kappa shape index (κ2) is 15.0. The highest BCUT2D eigenvalue weighted by molar-refractivity contribution is 8.38. The molecule has 5 unspecified atom stereocenters. The summed E-state index contributed by atoms with van der Waals surface area (Å²) in [6, 6.07) is 0. The molecule has 0 N–H and O–H groups in total. The summed E-state index contributed by atoms with van der Waals surface area (Å²) in [6.07, 6.45) is 22.1. The van der Waals surface area contributed by atoms with Gasteiger partial charge in [-0.1, -0.05) is 114 Å². The highest BCUT2D eigenvalue weighted by Gasteiger charge is 2.52. The van der Waals surface area contributed by atoms with Crippen LogP contribution in [-0.2, 0) is 4.57 Å². The molecule has 1 aliphatic rings. The van der Waals surface area contributed by atoms with Crippen LogP contribution in [0.2, 0.25) is 0 Å². The molecule has 1 fully saturated rings. The summed E-state index contributed by atoms with van der Waals surface area (Å²) >= 11 is 0. The minimum absolute atomic E-state index is 0.167. The second-order valence-corrected chi connectivity index (χ2v) is 22.8. The van der Waals surface area contributed by atoms with Gasteiger partial charge >= 0.3 is 0 Å². The standard InChI is InChI=1S/C33H66OP3/c1-13-18-22-30(6,7)33(26-37(34,27-35-10)36(11)12)23-19-20-28(21-24-33)29(32(9,16-4)17-5)25-31(8,14-2)15-3/h27-29H,11,13-26H2,1-10,12H3/q+1. The lowest BCUT2D eigenvalue weighted by molar-refractivity contribution is 0.0338. The van der Waals surface area contributed by atoms with Gasteiger partial charge in [0.05, 0.1) is 12.5 Å². The summed E-state index contributed by atoms with van der Waals surface area (Å²) < 4.78 is 14.5. The predicted octanol–water partition coefficient (Wildman–Crippen LogP) is 12.6. The van der Waals surface area contributed by atoms with Crippen LogP contribution >= 0.6 is 22.3 Å². The molecule has 218 valence electrons. The first-order valence-corrected chi connectivity index (χ1v) is 21.8. The Hall–Kier alpha value is 0.570. The Labute approximate surface area is 237 Å². The van der Waals surface area contributed by atoms with E-state index in [1.807, 2.05) is 0 Å². The summed E-state index contributed by atoms with van der Waals surface area (Å²) in [7, 11) is 0.460. The van der Waals surface area contributed by atoms with Gasteiger partial charge in [-0.15, -0.1) is 8.20 Å². The quantitative estimate of drug-likeness (QED) is 0.133. The lowest BCUT2D eigenvalue weighted by Crippen LogP contribution is -2.41. The van der Waals surface area contributed by atoms with E-state index in [1.54, 1.807) is 0 Å². The Bertz CT molecular complexity index is 774. The van der Waals surface area contributed by atoms with Crippen LogP contribution in [-0.4, -0.2) is 31.3 Å². The van der Waals surface area contributed by atoms with Gasteiger partial charge in [-0.3, -0.25) is 4.57 Å². The Morgan fingerprint density at radius 1 is 1.03 bits per heavy atom. The van der Waals surface area contributed by atoms with E-state index in [-0.39, 0.29) is 10.8 Å². The van der Waals surface area contributed by atoms with E-state index < -0.39 is 14.1 Å². The average Bonchev–Trinajstić information content (AvgIpc) is 3.09. The van der Waals surface area contributed by atoms with Gasteiger partial charge in [0.1, 0.15) is 13.9 Å². The summed E-state index contributed by atoms with van der Waals surface area (Å²) in [5, 5.41) is 0. The number of hydrogen-bond acceptors (Lipinski definition) is 1. The monoisotopic (exact) mass is 571 g/mol. The van der Waals surface area contributed by atoms with E-state index in [9.17, 15) is 4.57 Å². The van der Waals surface area contributed by atoms with Crippen LogP contribution in [0.5, 0.6) is 0 Å². The van der Waals surface area contributed by atoms with Crippen LogP contribution in [0.15, 0.2) is 0 Å². The van der Waals surface area contributed by atoms with Crippen LogP contribution in [0.4, 0.5) is 0 Å². The van der Waals surface area contributed by atoms with Crippen molar-refractivity contribution in [3.63, 3.8) is 0 Å². The smallest absolute Gasteiger partial charge is 0.267 e. The molecule has 0 radical (unpaired) electrons. The van der Waals surface area contributed by atoms with Crippen molar-refractivity contribution in [3.8, 4) is 0 Å². The minimum Gasteiger partial charge on any atom is -0.267 e. The van der Waals surface area contributed by atoms with Crippen molar-refractivity contribution < 1.29 is 4.57 Å². The first-order chi connectivity index (χ1) is 17.2. The fourth-order valence-electron chi connectivity index (χ4n) is 7.46. The Morgan fingerprint density at radius 3 is 2.08 bits per heavy atom. The molecular weight excluding hydrogens is 505 g/mol. The first-order valence-electron chi connectivity index (χ1n) is 15.7. The normalized spacial score (nSPS) is 25.1.